The van der Waals surface area contributed by atoms with Crippen LogP contribution in [0.1, 0.15) is 31.8 Å². The number of carbonyl (C=O) groups is 3. The molecule has 0 spiro atoms. The first-order valence-electron chi connectivity index (χ1n) is 6.60. The van der Waals surface area contributed by atoms with Gasteiger partial charge in [-0.05, 0) is 37.3 Å². The first-order chi connectivity index (χ1) is 10.5. The van der Waals surface area contributed by atoms with Crippen molar-refractivity contribution in [2.24, 2.45) is 0 Å². The summed E-state index contributed by atoms with van der Waals surface area (Å²) in [5.74, 6) is -1.06. The maximum Gasteiger partial charge on any atom is 0.338 e. The van der Waals surface area contributed by atoms with Crippen LogP contribution in [-0.4, -0.2) is 24.3 Å². The molecule has 0 aliphatic carbocycles. The highest BCUT2D eigenvalue weighted by atomic mass is 32.1. The van der Waals surface area contributed by atoms with Crippen molar-refractivity contribution < 1.29 is 19.1 Å². The van der Waals surface area contributed by atoms with Crippen molar-refractivity contribution in [1.82, 2.24) is 0 Å². The van der Waals surface area contributed by atoms with Gasteiger partial charge in [-0.1, -0.05) is 6.07 Å². The number of anilines is 1. The van der Waals surface area contributed by atoms with E-state index in [0.717, 1.165) is 4.88 Å². The molecule has 0 saturated heterocycles. The monoisotopic (exact) mass is 317 g/mol. The van der Waals surface area contributed by atoms with E-state index < -0.39 is 5.97 Å². The average Bonchev–Trinajstić information content (AvgIpc) is 2.90. The summed E-state index contributed by atoms with van der Waals surface area (Å²) in [6, 6.07) is 9.92. The van der Waals surface area contributed by atoms with Gasteiger partial charge in [0, 0.05) is 17.5 Å². The molecule has 0 aliphatic heterocycles. The fourth-order valence-corrected chi connectivity index (χ4v) is 2.59. The zero-order chi connectivity index (χ0) is 16.1. The molecule has 1 aromatic heterocycles. The molecule has 22 heavy (non-hydrogen) atoms. The molecule has 0 unspecified atom stereocenters. The number of benzene rings is 1. The minimum absolute atomic E-state index is 0.228. The van der Waals surface area contributed by atoms with Gasteiger partial charge in [0.05, 0.1) is 10.4 Å². The summed E-state index contributed by atoms with van der Waals surface area (Å²) in [6.07, 6.45) is 0. The van der Waals surface area contributed by atoms with E-state index in [1.165, 1.54) is 24.3 Å². The van der Waals surface area contributed by atoms with Gasteiger partial charge in [-0.25, -0.2) is 4.79 Å². The smallest absolute Gasteiger partial charge is 0.338 e. The van der Waals surface area contributed by atoms with Crippen LogP contribution >= 0.6 is 11.3 Å². The van der Waals surface area contributed by atoms with Crippen molar-refractivity contribution in [3.63, 3.8) is 0 Å². The molecule has 0 aliphatic rings. The van der Waals surface area contributed by atoms with Gasteiger partial charge in [-0.2, -0.15) is 0 Å². The second-order valence-electron chi connectivity index (χ2n) is 4.67. The highest BCUT2D eigenvalue weighted by Crippen LogP contribution is 2.16. The molecule has 114 valence electrons. The van der Waals surface area contributed by atoms with Crippen LogP contribution in [-0.2, 0) is 9.53 Å². The first-order valence-corrected chi connectivity index (χ1v) is 7.42. The van der Waals surface area contributed by atoms with Gasteiger partial charge in [0.2, 0.25) is 11.7 Å². The highest BCUT2D eigenvalue weighted by molar-refractivity contribution is 7.14. The molecular formula is C16H15NO4S. The Morgan fingerprint density at radius 2 is 1.95 bits per heavy atom. The van der Waals surface area contributed by atoms with Crippen molar-refractivity contribution in [2.45, 2.75) is 13.8 Å². The Hall–Kier alpha value is -2.47. The Bertz CT molecular complexity index is 720. The van der Waals surface area contributed by atoms with Gasteiger partial charge in [-0.3, -0.25) is 9.59 Å². The lowest BCUT2D eigenvalue weighted by atomic mass is 10.2. The number of hydrogen-bond acceptors (Lipinski definition) is 5. The molecule has 2 rings (SSSR count). The number of aryl methyl sites for hydroxylation is 1. The molecule has 0 bridgehead atoms. The number of ether oxygens (including phenoxy) is 1. The molecule has 2 aromatic rings. The van der Waals surface area contributed by atoms with Crippen molar-refractivity contribution in [3.8, 4) is 0 Å². The van der Waals surface area contributed by atoms with Crippen LogP contribution in [0.3, 0.4) is 0 Å². The molecule has 1 amide bonds. The molecular weight excluding hydrogens is 302 g/mol. The predicted octanol–water partition coefficient (Wildman–Crippen LogP) is 3.05. The van der Waals surface area contributed by atoms with E-state index in [1.54, 1.807) is 24.3 Å². The summed E-state index contributed by atoms with van der Waals surface area (Å²) in [5.41, 5.74) is 0.781. The third-order valence-electron chi connectivity index (χ3n) is 2.77. The van der Waals surface area contributed by atoms with Gasteiger partial charge in [0.25, 0.3) is 0 Å². The fourth-order valence-electron chi connectivity index (χ4n) is 1.80. The second kappa shape index (κ2) is 7.00. The zero-order valence-electron chi connectivity index (χ0n) is 12.2. The van der Waals surface area contributed by atoms with Gasteiger partial charge >= 0.3 is 5.97 Å². The molecule has 0 saturated carbocycles. The molecule has 5 nitrogen and oxygen atoms in total. The van der Waals surface area contributed by atoms with E-state index in [4.69, 9.17) is 4.74 Å². The number of carbonyl (C=O) groups excluding carboxylic acids is 3. The molecule has 1 aromatic carbocycles. The lowest BCUT2D eigenvalue weighted by Gasteiger charge is -2.06. The van der Waals surface area contributed by atoms with E-state index >= 15 is 0 Å². The standard InChI is InChI=1S/C16H15NO4S/c1-10-6-7-15(22-10)14(19)9-21-16(20)12-4-3-5-13(8-12)17-11(2)18/h3-8H,9H2,1-2H3,(H,17,18). The van der Waals surface area contributed by atoms with Crippen molar-refractivity contribution in [2.75, 3.05) is 11.9 Å². The summed E-state index contributed by atoms with van der Waals surface area (Å²) in [4.78, 5) is 36.4. The molecule has 0 radical (unpaired) electrons. The third-order valence-corrected chi connectivity index (χ3v) is 3.81. The molecule has 0 atom stereocenters. The number of ketones is 1. The highest BCUT2D eigenvalue weighted by Gasteiger charge is 2.13. The van der Waals surface area contributed by atoms with E-state index in [-0.39, 0.29) is 23.9 Å². The predicted molar refractivity (Wildman–Crippen MR) is 84.4 cm³/mol. The van der Waals surface area contributed by atoms with Gasteiger partial charge < -0.3 is 10.1 Å². The largest absolute Gasteiger partial charge is 0.454 e. The number of esters is 1. The maximum atomic E-state index is 11.9. The number of thiophene rings is 1. The number of amides is 1. The van der Waals surface area contributed by atoms with Crippen molar-refractivity contribution >= 4 is 34.7 Å². The lowest BCUT2D eigenvalue weighted by molar-refractivity contribution is -0.114. The Labute approximate surface area is 131 Å². The van der Waals surface area contributed by atoms with Gasteiger partial charge in [-0.15, -0.1) is 11.3 Å². The summed E-state index contributed by atoms with van der Waals surface area (Å²) in [7, 11) is 0. The quantitative estimate of drug-likeness (QED) is 0.679. The fraction of sp³-hybridized carbons (Fsp3) is 0.188. The van der Waals surface area contributed by atoms with Gasteiger partial charge in [0.1, 0.15) is 0 Å². The Morgan fingerprint density at radius 3 is 2.59 bits per heavy atom. The second-order valence-corrected chi connectivity index (χ2v) is 5.96. The van der Waals surface area contributed by atoms with Crippen LogP contribution in [0.25, 0.3) is 0 Å². The number of nitrogens with one attached hydrogen (secondary N) is 1. The number of hydrogen-bond donors (Lipinski definition) is 1. The van der Waals surface area contributed by atoms with Crippen LogP contribution in [0, 0.1) is 6.92 Å². The summed E-state index contributed by atoms with van der Waals surface area (Å²) >= 11 is 1.36. The van der Waals surface area contributed by atoms with Crippen LogP contribution < -0.4 is 5.32 Å². The van der Waals surface area contributed by atoms with Crippen molar-refractivity contribution in [1.29, 1.82) is 0 Å². The number of Topliss-reactive ketones (excluding diaryl/α,β-unsaturated/α-hetero) is 1. The van der Waals surface area contributed by atoms with Crippen LogP contribution in [0.5, 0.6) is 0 Å². The van der Waals surface area contributed by atoms with E-state index in [2.05, 4.69) is 5.32 Å². The van der Waals surface area contributed by atoms with Crippen LogP contribution in [0.4, 0.5) is 5.69 Å². The Kier molecular flexibility index (Phi) is 5.06. The van der Waals surface area contributed by atoms with Crippen molar-refractivity contribution in [3.05, 3.63) is 51.7 Å². The summed E-state index contributed by atoms with van der Waals surface area (Å²) < 4.78 is 5.02. The maximum absolute atomic E-state index is 11.9. The summed E-state index contributed by atoms with van der Waals surface area (Å²) in [6.45, 7) is 2.98. The summed E-state index contributed by atoms with van der Waals surface area (Å²) in [5, 5.41) is 2.58. The third kappa shape index (κ3) is 4.26. The number of rotatable bonds is 5. The van der Waals surface area contributed by atoms with E-state index in [0.29, 0.717) is 10.6 Å². The minimum Gasteiger partial charge on any atom is -0.454 e. The minimum atomic E-state index is -0.603. The first kappa shape index (κ1) is 15.9. The van der Waals surface area contributed by atoms with E-state index in [9.17, 15) is 14.4 Å². The molecule has 1 N–H and O–H groups in total. The van der Waals surface area contributed by atoms with Crippen LogP contribution in [0.2, 0.25) is 0 Å². The zero-order valence-corrected chi connectivity index (χ0v) is 13.0. The molecule has 0 fully saturated rings. The average molecular weight is 317 g/mol. The Morgan fingerprint density at radius 1 is 1.18 bits per heavy atom. The SMILES string of the molecule is CC(=O)Nc1cccc(C(=O)OCC(=O)c2ccc(C)s2)c1. The normalized spacial score (nSPS) is 10.1. The molecule has 1 heterocycles. The van der Waals surface area contributed by atoms with Crippen LogP contribution in [0.15, 0.2) is 36.4 Å². The van der Waals surface area contributed by atoms with E-state index in [1.807, 2.05) is 13.0 Å². The lowest BCUT2D eigenvalue weighted by Crippen LogP contribution is -2.14. The topological polar surface area (TPSA) is 72.5 Å². The van der Waals surface area contributed by atoms with Gasteiger partial charge in [0.15, 0.2) is 6.61 Å². The Balaban J connectivity index is 1.97. The molecule has 6 heteroatoms.